The molecule has 6 nitrogen and oxygen atoms in total. The van der Waals surface area contributed by atoms with Crippen LogP contribution in [0.15, 0.2) is 53.8 Å². The molecule has 0 atom stereocenters. The molecule has 1 saturated heterocycles. The molecule has 0 unspecified atom stereocenters. The number of aryl methyl sites for hydroxylation is 1. The SMILES string of the molecule is CN=C(NCCc1c[nH]c2c(C)cccc12)N1CCN(c2ccccn2)CC1.I. The maximum absolute atomic E-state index is 4.49. The zero-order chi connectivity index (χ0) is 19.3. The first-order chi connectivity index (χ1) is 13.8. The summed E-state index contributed by atoms with van der Waals surface area (Å²) in [6.45, 7) is 6.82. The number of anilines is 1. The van der Waals surface area contributed by atoms with Gasteiger partial charge in [0, 0.05) is 63.1 Å². The van der Waals surface area contributed by atoms with Gasteiger partial charge in [0.1, 0.15) is 5.82 Å². The first-order valence-corrected chi connectivity index (χ1v) is 9.93. The number of aliphatic imine (C=N–C) groups is 1. The number of pyridine rings is 1. The van der Waals surface area contributed by atoms with E-state index in [1.54, 1.807) is 0 Å². The number of fused-ring (bicyclic) bond motifs is 1. The maximum atomic E-state index is 4.49. The van der Waals surface area contributed by atoms with Crippen molar-refractivity contribution < 1.29 is 0 Å². The molecule has 1 fully saturated rings. The number of nitrogens with one attached hydrogen (secondary N) is 2. The van der Waals surface area contributed by atoms with Crippen molar-refractivity contribution in [2.45, 2.75) is 13.3 Å². The second-order valence-electron chi connectivity index (χ2n) is 7.20. The minimum atomic E-state index is 0. The summed E-state index contributed by atoms with van der Waals surface area (Å²) in [4.78, 5) is 17.0. The molecule has 7 heteroatoms. The number of hydrogen-bond acceptors (Lipinski definition) is 3. The largest absolute Gasteiger partial charge is 0.361 e. The van der Waals surface area contributed by atoms with Crippen molar-refractivity contribution in [1.82, 2.24) is 20.2 Å². The third-order valence-corrected chi connectivity index (χ3v) is 5.45. The molecule has 1 aliphatic heterocycles. The van der Waals surface area contributed by atoms with Crippen LogP contribution < -0.4 is 10.2 Å². The highest BCUT2D eigenvalue weighted by atomic mass is 127. The van der Waals surface area contributed by atoms with E-state index in [9.17, 15) is 0 Å². The van der Waals surface area contributed by atoms with Crippen LogP contribution in [0.1, 0.15) is 11.1 Å². The number of guanidine groups is 1. The molecule has 4 rings (SSSR count). The molecule has 2 N–H and O–H groups in total. The first-order valence-electron chi connectivity index (χ1n) is 9.93. The highest BCUT2D eigenvalue weighted by Gasteiger charge is 2.20. The number of nitrogens with zero attached hydrogens (tertiary/aromatic N) is 4. The minimum absolute atomic E-state index is 0. The molecule has 3 heterocycles. The Morgan fingerprint density at radius 1 is 1.14 bits per heavy atom. The zero-order valence-electron chi connectivity index (χ0n) is 17.1. The van der Waals surface area contributed by atoms with Gasteiger partial charge in [0.15, 0.2) is 5.96 Å². The fourth-order valence-corrected chi connectivity index (χ4v) is 3.90. The Balaban J connectivity index is 0.00000240. The van der Waals surface area contributed by atoms with Gasteiger partial charge in [-0.2, -0.15) is 0 Å². The summed E-state index contributed by atoms with van der Waals surface area (Å²) >= 11 is 0. The Labute approximate surface area is 189 Å². The molecule has 29 heavy (non-hydrogen) atoms. The summed E-state index contributed by atoms with van der Waals surface area (Å²) in [5.41, 5.74) is 3.88. The van der Waals surface area contributed by atoms with Gasteiger partial charge in [-0.25, -0.2) is 4.98 Å². The van der Waals surface area contributed by atoms with Gasteiger partial charge < -0.3 is 20.1 Å². The Bertz CT molecular complexity index is 944. The maximum Gasteiger partial charge on any atom is 0.193 e. The number of para-hydroxylation sites is 1. The van der Waals surface area contributed by atoms with Gasteiger partial charge in [0.25, 0.3) is 0 Å². The minimum Gasteiger partial charge on any atom is -0.361 e. The van der Waals surface area contributed by atoms with Crippen LogP contribution in [0, 0.1) is 6.92 Å². The summed E-state index contributed by atoms with van der Waals surface area (Å²) in [6.07, 6.45) is 4.96. The van der Waals surface area contributed by atoms with Crippen molar-refractivity contribution >= 4 is 46.7 Å². The van der Waals surface area contributed by atoms with E-state index >= 15 is 0 Å². The number of rotatable bonds is 4. The zero-order valence-corrected chi connectivity index (χ0v) is 19.4. The van der Waals surface area contributed by atoms with E-state index in [0.717, 1.165) is 50.9 Å². The Morgan fingerprint density at radius 2 is 1.97 bits per heavy atom. The molecule has 0 spiro atoms. The average Bonchev–Trinajstić information content (AvgIpc) is 3.17. The fraction of sp³-hybridized carbons (Fsp3) is 0.364. The standard InChI is InChI=1S/C22H28N6.HI/c1-17-6-5-7-19-18(16-26-21(17)19)9-11-25-22(23-2)28-14-12-27(13-15-28)20-8-3-4-10-24-20;/h3-8,10,16,26H,9,11-15H2,1-2H3,(H,23,25);1H. The van der Waals surface area contributed by atoms with Gasteiger partial charge in [-0.05, 0) is 36.6 Å². The van der Waals surface area contributed by atoms with Gasteiger partial charge in [0.05, 0.1) is 0 Å². The third kappa shape index (κ3) is 4.83. The summed E-state index contributed by atoms with van der Waals surface area (Å²) < 4.78 is 0. The lowest BCUT2D eigenvalue weighted by Gasteiger charge is -2.37. The molecule has 154 valence electrons. The molecular formula is C22H29IN6. The summed E-state index contributed by atoms with van der Waals surface area (Å²) in [7, 11) is 1.86. The third-order valence-electron chi connectivity index (χ3n) is 5.45. The highest BCUT2D eigenvalue weighted by Crippen LogP contribution is 2.21. The van der Waals surface area contributed by atoms with Crippen LogP contribution in [0.3, 0.4) is 0 Å². The molecule has 0 amide bonds. The quantitative estimate of drug-likeness (QED) is 0.325. The number of benzene rings is 1. The monoisotopic (exact) mass is 504 g/mol. The number of hydrogen-bond donors (Lipinski definition) is 2. The molecule has 0 radical (unpaired) electrons. The molecule has 2 aromatic heterocycles. The molecule has 1 aromatic carbocycles. The topological polar surface area (TPSA) is 59.6 Å². The number of piperazine rings is 1. The van der Waals surface area contributed by atoms with Crippen molar-refractivity contribution in [2.75, 3.05) is 44.7 Å². The van der Waals surface area contributed by atoms with Crippen molar-refractivity contribution in [1.29, 1.82) is 0 Å². The first kappa shape index (κ1) is 21.4. The molecular weight excluding hydrogens is 475 g/mol. The van der Waals surface area contributed by atoms with Crippen LogP contribution in [0.25, 0.3) is 10.9 Å². The van der Waals surface area contributed by atoms with Gasteiger partial charge in [-0.1, -0.05) is 24.3 Å². The average molecular weight is 504 g/mol. The van der Waals surface area contributed by atoms with E-state index in [4.69, 9.17) is 0 Å². The number of aromatic amines is 1. The number of halogens is 1. The number of aromatic nitrogens is 2. The molecule has 3 aromatic rings. The van der Waals surface area contributed by atoms with E-state index in [1.165, 1.54) is 22.0 Å². The van der Waals surface area contributed by atoms with Crippen molar-refractivity contribution in [3.8, 4) is 0 Å². The van der Waals surface area contributed by atoms with Crippen LogP contribution >= 0.6 is 24.0 Å². The summed E-state index contributed by atoms with van der Waals surface area (Å²) in [5.74, 6) is 2.04. The van der Waals surface area contributed by atoms with Crippen molar-refractivity contribution in [3.63, 3.8) is 0 Å². The Kier molecular flexibility index (Phi) is 7.35. The molecule has 1 aliphatic rings. The second-order valence-corrected chi connectivity index (χ2v) is 7.20. The Hall–Kier alpha value is -2.29. The lowest BCUT2D eigenvalue weighted by atomic mass is 10.1. The van der Waals surface area contributed by atoms with Crippen molar-refractivity contribution in [3.05, 3.63) is 59.9 Å². The number of H-pyrrole nitrogens is 1. The van der Waals surface area contributed by atoms with Crippen LogP contribution in [0.2, 0.25) is 0 Å². The van der Waals surface area contributed by atoms with Gasteiger partial charge in [-0.15, -0.1) is 24.0 Å². The fourth-order valence-electron chi connectivity index (χ4n) is 3.90. The van der Waals surface area contributed by atoms with Crippen LogP contribution in [0.4, 0.5) is 5.82 Å². The normalized spacial score (nSPS) is 14.8. The summed E-state index contributed by atoms with van der Waals surface area (Å²) in [5, 5.41) is 4.86. The van der Waals surface area contributed by atoms with Gasteiger partial charge >= 0.3 is 0 Å². The van der Waals surface area contributed by atoms with E-state index in [1.807, 2.05) is 25.4 Å². The predicted molar refractivity (Wildman–Crippen MR) is 132 cm³/mol. The molecule has 0 saturated carbocycles. The van der Waals surface area contributed by atoms with Gasteiger partial charge in [0.2, 0.25) is 0 Å². The second kappa shape index (κ2) is 9.96. The lowest BCUT2D eigenvalue weighted by molar-refractivity contribution is 0.372. The summed E-state index contributed by atoms with van der Waals surface area (Å²) in [6, 6.07) is 12.5. The lowest BCUT2D eigenvalue weighted by Crippen LogP contribution is -2.53. The van der Waals surface area contributed by atoms with Crippen LogP contribution in [0.5, 0.6) is 0 Å². The van der Waals surface area contributed by atoms with E-state index in [-0.39, 0.29) is 24.0 Å². The smallest absolute Gasteiger partial charge is 0.193 e. The van der Waals surface area contributed by atoms with Crippen molar-refractivity contribution in [2.24, 2.45) is 4.99 Å². The Morgan fingerprint density at radius 3 is 2.69 bits per heavy atom. The van der Waals surface area contributed by atoms with E-state index in [2.05, 4.69) is 67.5 Å². The van der Waals surface area contributed by atoms with E-state index in [0.29, 0.717) is 0 Å². The van der Waals surface area contributed by atoms with Crippen LogP contribution in [-0.4, -0.2) is 60.6 Å². The van der Waals surface area contributed by atoms with Gasteiger partial charge in [-0.3, -0.25) is 4.99 Å². The highest BCUT2D eigenvalue weighted by molar-refractivity contribution is 14.0. The molecule has 0 aliphatic carbocycles. The predicted octanol–water partition coefficient (Wildman–Crippen LogP) is 3.43. The van der Waals surface area contributed by atoms with Crippen LogP contribution in [-0.2, 0) is 6.42 Å². The molecule has 0 bridgehead atoms. The van der Waals surface area contributed by atoms with E-state index < -0.39 is 0 Å².